The Bertz CT molecular complexity index is 351. The fraction of sp³-hybridized carbons (Fsp3) is 0.667. The van der Waals surface area contributed by atoms with E-state index in [0.717, 1.165) is 18.7 Å². The number of hydrogen-bond donors (Lipinski definition) is 1. The maximum absolute atomic E-state index is 5.41. The Hall–Kier alpha value is -0.920. The van der Waals surface area contributed by atoms with Crippen LogP contribution in [0, 0.1) is 12.3 Å². The van der Waals surface area contributed by atoms with Gasteiger partial charge in [-0.2, -0.15) is 0 Å². The van der Waals surface area contributed by atoms with Gasteiger partial charge in [-0.3, -0.25) is 0 Å². The first-order valence-electron chi connectivity index (χ1n) is 5.69. The average molecular weight is 237 g/mol. The smallest absolute Gasteiger partial charge is 0.0829 e. The van der Waals surface area contributed by atoms with Crippen LogP contribution in [0.3, 0.4) is 0 Å². The lowest BCUT2D eigenvalue weighted by Gasteiger charge is -2.16. The molecule has 3 nitrogen and oxygen atoms in total. The Morgan fingerprint density at radius 2 is 2.25 bits per heavy atom. The third-order valence-corrected chi connectivity index (χ3v) is 3.22. The highest BCUT2D eigenvalue weighted by Crippen LogP contribution is 2.27. The summed E-state index contributed by atoms with van der Waals surface area (Å²) in [6.45, 7) is 7.38. The molecule has 0 fully saturated rings. The van der Waals surface area contributed by atoms with E-state index in [4.69, 9.17) is 6.42 Å². The lowest BCUT2D eigenvalue weighted by Crippen LogP contribution is -2.22. The summed E-state index contributed by atoms with van der Waals surface area (Å²) in [6, 6.07) is 0.211. The molecule has 0 aromatic carbocycles. The molecule has 16 heavy (non-hydrogen) atoms. The minimum atomic E-state index is 0.211. The number of nitrogens with zero attached hydrogens (tertiary/aromatic N) is 2. The first-order chi connectivity index (χ1) is 7.70. The molecule has 0 radical (unpaired) electrons. The summed E-state index contributed by atoms with van der Waals surface area (Å²) >= 11 is 1.46. The van der Waals surface area contributed by atoms with E-state index in [-0.39, 0.29) is 6.04 Å². The number of hydrogen-bond acceptors (Lipinski definition) is 4. The highest BCUT2D eigenvalue weighted by Gasteiger charge is 2.19. The van der Waals surface area contributed by atoms with Crippen LogP contribution in [0.25, 0.3) is 0 Å². The lowest BCUT2D eigenvalue weighted by atomic mass is 10.0. The van der Waals surface area contributed by atoms with Crippen LogP contribution in [-0.2, 0) is 0 Å². The van der Waals surface area contributed by atoms with Crippen LogP contribution in [0.1, 0.15) is 56.1 Å². The molecule has 88 valence electrons. The highest BCUT2D eigenvalue weighted by atomic mass is 32.1. The van der Waals surface area contributed by atoms with Crippen molar-refractivity contribution in [3.63, 3.8) is 0 Å². The topological polar surface area (TPSA) is 37.8 Å². The van der Waals surface area contributed by atoms with Crippen LogP contribution < -0.4 is 5.32 Å². The monoisotopic (exact) mass is 237 g/mol. The normalized spacial score (nSPS) is 12.7. The first kappa shape index (κ1) is 13.1. The molecule has 1 heterocycles. The van der Waals surface area contributed by atoms with Gasteiger partial charge in [0, 0.05) is 6.42 Å². The minimum absolute atomic E-state index is 0.211. The van der Waals surface area contributed by atoms with Gasteiger partial charge < -0.3 is 5.32 Å². The zero-order valence-corrected chi connectivity index (χ0v) is 11.0. The molecule has 0 aliphatic heterocycles. The summed E-state index contributed by atoms with van der Waals surface area (Å²) in [5, 5.41) is 7.64. The lowest BCUT2D eigenvalue weighted by molar-refractivity contribution is 0.542. The zero-order valence-electron chi connectivity index (χ0n) is 10.2. The Morgan fingerprint density at radius 3 is 2.81 bits per heavy atom. The quantitative estimate of drug-likeness (QED) is 0.773. The van der Waals surface area contributed by atoms with Gasteiger partial charge in [0.25, 0.3) is 0 Å². The number of aromatic nitrogens is 2. The molecule has 0 saturated carbocycles. The maximum Gasteiger partial charge on any atom is 0.0829 e. The van der Waals surface area contributed by atoms with E-state index in [0.29, 0.717) is 12.3 Å². The number of nitrogens with one attached hydrogen (secondary N) is 1. The zero-order chi connectivity index (χ0) is 12.0. The van der Waals surface area contributed by atoms with E-state index in [9.17, 15) is 0 Å². The van der Waals surface area contributed by atoms with E-state index in [2.05, 4.69) is 41.6 Å². The van der Waals surface area contributed by atoms with E-state index in [1.807, 2.05) is 0 Å². The standard InChI is InChI=1S/C12H19N3S/c1-5-7-10(13-8-6-2)12-11(9(3)4)14-15-16-12/h1,9-10,13H,6-8H2,2-4H3. The van der Waals surface area contributed by atoms with Crippen molar-refractivity contribution < 1.29 is 0 Å². The van der Waals surface area contributed by atoms with Crippen molar-refractivity contribution in [2.75, 3.05) is 6.54 Å². The van der Waals surface area contributed by atoms with Crippen LogP contribution in [0.5, 0.6) is 0 Å². The number of terminal acetylenes is 1. The van der Waals surface area contributed by atoms with Gasteiger partial charge in [-0.1, -0.05) is 25.3 Å². The summed E-state index contributed by atoms with van der Waals surface area (Å²) in [4.78, 5) is 1.20. The van der Waals surface area contributed by atoms with E-state index in [1.54, 1.807) is 0 Å². The Labute approximate surface area is 102 Å². The second-order valence-corrected chi connectivity index (χ2v) is 4.88. The van der Waals surface area contributed by atoms with Crippen molar-refractivity contribution in [3.05, 3.63) is 10.6 Å². The molecule has 1 aromatic rings. The Kier molecular flexibility index (Phi) is 5.44. The van der Waals surface area contributed by atoms with Crippen molar-refractivity contribution >= 4 is 11.5 Å². The molecule has 1 rings (SSSR count). The predicted molar refractivity (Wildman–Crippen MR) is 68.5 cm³/mol. The average Bonchev–Trinajstić information content (AvgIpc) is 2.73. The van der Waals surface area contributed by atoms with E-state index >= 15 is 0 Å². The van der Waals surface area contributed by atoms with Crippen molar-refractivity contribution in [3.8, 4) is 12.3 Å². The molecule has 0 saturated heterocycles. The maximum atomic E-state index is 5.41. The van der Waals surface area contributed by atoms with Crippen LogP contribution in [-0.4, -0.2) is 16.1 Å². The van der Waals surface area contributed by atoms with Crippen LogP contribution in [0.4, 0.5) is 0 Å². The fourth-order valence-corrected chi connectivity index (χ4v) is 2.42. The second kappa shape index (κ2) is 6.62. The van der Waals surface area contributed by atoms with Gasteiger partial charge in [0.2, 0.25) is 0 Å². The second-order valence-electron chi connectivity index (χ2n) is 4.09. The molecule has 4 heteroatoms. The van der Waals surface area contributed by atoms with Crippen LogP contribution in [0.15, 0.2) is 0 Å². The van der Waals surface area contributed by atoms with Gasteiger partial charge in [0.1, 0.15) is 0 Å². The summed E-state index contributed by atoms with van der Waals surface area (Å²) < 4.78 is 4.04. The molecule has 0 aliphatic rings. The fourth-order valence-electron chi connectivity index (χ4n) is 1.54. The van der Waals surface area contributed by atoms with Crippen molar-refractivity contribution in [2.45, 2.75) is 45.6 Å². The van der Waals surface area contributed by atoms with E-state index in [1.165, 1.54) is 16.4 Å². The van der Waals surface area contributed by atoms with Crippen LogP contribution >= 0.6 is 11.5 Å². The molecule has 1 atom stereocenters. The van der Waals surface area contributed by atoms with Gasteiger partial charge in [-0.05, 0) is 30.4 Å². The SMILES string of the molecule is C#CCC(NCCC)c1snnc1C(C)C. The van der Waals surface area contributed by atoms with Crippen LogP contribution in [0.2, 0.25) is 0 Å². The van der Waals surface area contributed by atoms with Crippen molar-refractivity contribution in [2.24, 2.45) is 0 Å². The number of rotatable bonds is 6. The van der Waals surface area contributed by atoms with Gasteiger partial charge >= 0.3 is 0 Å². The van der Waals surface area contributed by atoms with Gasteiger partial charge in [0.15, 0.2) is 0 Å². The van der Waals surface area contributed by atoms with Gasteiger partial charge in [-0.15, -0.1) is 17.4 Å². The van der Waals surface area contributed by atoms with Gasteiger partial charge in [0.05, 0.1) is 16.6 Å². The summed E-state index contributed by atoms with van der Waals surface area (Å²) in [7, 11) is 0. The molecule has 0 amide bonds. The van der Waals surface area contributed by atoms with E-state index < -0.39 is 0 Å². The largest absolute Gasteiger partial charge is 0.308 e. The molecule has 0 spiro atoms. The molecule has 1 N–H and O–H groups in total. The van der Waals surface area contributed by atoms with Gasteiger partial charge in [-0.25, -0.2) is 0 Å². The Balaban J connectivity index is 2.83. The summed E-state index contributed by atoms with van der Waals surface area (Å²) in [5.74, 6) is 3.12. The summed E-state index contributed by atoms with van der Waals surface area (Å²) in [5.41, 5.74) is 1.08. The van der Waals surface area contributed by atoms with Crippen molar-refractivity contribution in [1.82, 2.24) is 14.9 Å². The molecular formula is C12H19N3S. The third kappa shape index (κ3) is 3.29. The first-order valence-corrected chi connectivity index (χ1v) is 6.47. The molecule has 0 bridgehead atoms. The molecule has 1 unspecified atom stereocenters. The third-order valence-electron chi connectivity index (χ3n) is 2.37. The predicted octanol–water partition coefficient (Wildman–Crippen LogP) is 2.73. The molecule has 1 aromatic heterocycles. The van der Waals surface area contributed by atoms with Crippen molar-refractivity contribution in [1.29, 1.82) is 0 Å². The summed E-state index contributed by atoms with van der Waals surface area (Å²) in [6.07, 6.45) is 7.21. The Morgan fingerprint density at radius 1 is 1.50 bits per heavy atom. The minimum Gasteiger partial charge on any atom is -0.308 e. The molecule has 0 aliphatic carbocycles. The highest BCUT2D eigenvalue weighted by molar-refractivity contribution is 7.05. The molecular weight excluding hydrogens is 218 g/mol.